The molecule has 0 nitrogen and oxygen atoms in total. The van der Waals surface area contributed by atoms with Gasteiger partial charge in [-0.2, -0.15) is 0 Å². The van der Waals surface area contributed by atoms with E-state index in [1.165, 1.54) is 55.6 Å². The van der Waals surface area contributed by atoms with Gasteiger partial charge in [0.25, 0.3) is 0 Å². The lowest BCUT2D eigenvalue weighted by atomic mass is 10.1. The van der Waals surface area contributed by atoms with Crippen LogP contribution in [0.15, 0.2) is 158 Å². The summed E-state index contributed by atoms with van der Waals surface area (Å²) in [6.07, 6.45) is 2.21. The minimum Gasteiger partial charge on any atom is -0.0622 e. The summed E-state index contributed by atoms with van der Waals surface area (Å²) in [4.78, 5) is 0. The highest BCUT2D eigenvalue weighted by Gasteiger charge is 2.16. The highest BCUT2D eigenvalue weighted by molar-refractivity contribution is 5.77. The van der Waals surface area contributed by atoms with Gasteiger partial charge >= 0.3 is 0 Å². The van der Waals surface area contributed by atoms with E-state index in [1.807, 2.05) is 12.1 Å². The third-order valence-corrected chi connectivity index (χ3v) is 7.29. The van der Waals surface area contributed by atoms with Crippen molar-refractivity contribution in [3.05, 3.63) is 180 Å². The van der Waals surface area contributed by atoms with Gasteiger partial charge in [0.1, 0.15) is 0 Å². The molecule has 0 radical (unpaired) electrons. The van der Waals surface area contributed by atoms with Gasteiger partial charge in [-0.1, -0.05) is 158 Å². The molecule has 38 heavy (non-hydrogen) atoms. The van der Waals surface area contributed by atoms with Crippen LogP contribution in [0.25, 0.3) is 33.4 Å². The molecular weight excluding hydrogens is 456 g/mol. The lowest BCUT2D eigenvalue weighted by Gasteiger charge is -1.98. The van der Waals surface area contributed by atoms with E-state index < -0.39 is 0 Å². The lowest BCUT2D eigenvalue weighted by Crippen LogP contribution is -1.77. The fraction of sp³-hybridized carbons (Fsp3) is 0.0526. The fourth-order valence-electron chi connectivity index (χ4n) is 5.42. The second-order valence-corrected chi connectivity index (χ2v) is 9.71. The fourth-order valence-corrected chi connectivity index (χ4v) is 5.42. The molecule has 0 heteroatoms. The molecule has 2 aliphatic carbocycles. The average molecular weight is 487 g/mol. The van der Waals surface area contributed by atoms with Crippen LogP contribution in [-0.4, -0.2) is 0 Å². The van der Waals surface area contributed by atoms with Crippen LogP contribution in [0.1, 0.15) is 22.3 Å². The maximum absolute atomic E-state index is 2.22. The van der Waals surface area contributed by atoms with Gasteiger partial charge in [-0.05, 0) is 68.5 Å². The highest BCUT2D eigenvalue weighted by Crippen LogP contribution is 2.36. The smallest absolute Gasteiger partial charge is 0.00135 e. The second-order valence-electron chi connectivity index (χ2n) is 9.71. The zero-order valence-electron chi connectivity index (χ0n) is 21.4. The molecule has 0 heterocycles. The Morgan fingerprint density at radius 2 is 0.474 bits per heavy atom. The molecular formula is C38H30. The summed E-state index contributed by atoms with van der Waals surface area (Å²) in [6, 6.07) is 55.4. The number of rotatable bonds is 1. The Kier molecular flexibility index (Phi) is 6.96. The Bertz CT molecular complexity index is 1430. The van der Waals surface area contributed by atoms with Gasteiger partial charge in [-0.3, -0.25) is 0 Å². The molecule has 0 N–H and O–H groups in total. The first-order valence-corrected chi connectivity index (χ1v) is 13.3. The van der Waals surface area contributed by atoms with Crippen LogP contribution >= 0.6 is 0 Å². The third-order valence-electron chi connectivity index (χ3n) is 7.29. The van der Waals surface area contributed by atoms with E-state index in [0.29, 0.717) is 0 Å². The Labute approximate surface area is 225 Å². The molecule has 0 bridgehead atoms. The SMILES string of the molecule is c1ccc(-c2ccccc2)cc1.c1ccc2c(c1)Cc1ccccc1-2.c1ccc2c(c1)Cc1ccccc1-2. The molecule has 0 saturated heterocycles. The van der Waals surface area contributed by atoms with Crippen LogP contribution in [0.2, 0.25) is 0 Å². The summed E-state index contributed by atoms with van der Waals surface area (Å²) in [7, 11) is 0. The molecule has 0 aromatic heterocycles. The van der Waals surface area contributed by atoms with E-state index in [2.05, 4.69) is 146 Å². The van der Waals surface area contributed by atoms with Crippen LogP contribution in [0.5, 0.6) is 0 Å². The molecule has 0 aliphatic heterocycles. The molecule has 6 aromatic carbocycles. The van der Waals surface area contributed by atoms with E-state index in [-0.39, 0.29) is 0 Å². The van der Waals surface area contributed by atoms with Crippen molar-refractivity contribution in [2.24, 2.45) is 0 Å². The van der Waals surface area contributed by atoms with Gasteiger partial charge in [0.2, 0.25) is 0 Å². The van der Waals surface area contributed by atoms with E-state index in [4.69, 9.17) is 0 Å². The first-order valence-electron chi connectivity index (χ1n) is 13.3. The van der Waals surface area contributed by atoms with Crippen molar-refractivity contribution in [2.75, 3.05) is 0 Å². The molecule has 0 atom stereocenters. The molecule has 0 saturated carbocycles. The summed E-state index contributed by atoms with van der Waals surface area (Å²) in [6.45, 7) is 0. The largest absolute Gasteiger partial charge is 0.0622 e. The Morgan fingerprint density at radius 1 is 0.237 bits per heavy atom. The van der Waals surface area contributed by atoms with Crippen LogP contribution in [0.4, 0.5) is 0 Å². The van der Waals surface area contributed by atoms with Gasteiger partial charge in [0, 0.05) is 0 Å². The van der Waals surface area contributed by atoms with E-state index in [9.17, 15) is 0 Å². The van der Waals surface area contributed by atoms with Gasteiger partial charge in [0.15, 0.2) is 0 Å². The minimum absolute atomic E-state index is 1.10. The van der Waals surface area contributed by atoms with Crippen LogP contribution in [0, 0.1) is 0 Å². The van der Waals surface area contributed by atoms with Crippen molar-refractivity contribution in [2.45, 2.75) is 12.8 Å². The molecule has 182 valence electrons. The summed E-state index contributed by atoms with van der Waals surface area (Å²) in [5.41, 5.74) is 14.1. The molecule has 0 spiro atoms. The Hall–Kier alpha value is -4.68. The summed E-state index contributed by atoms with van der Waals surface area (Å²) in [5, 5.41) is 0. The van der Waals surface area contributed by atoms with Crippen molar-refractivity contribution >= 4 is 0 Å². The van der Waals surface area contributed by atoms with Gasteiger partial charge in [-0.25, -0.2) is 0 Å². The summed E-state index contributed by atoms with van der Waals surface area (Å²) < 4.78 is 0. The van der Waals surface area contributed by atoms with Gasteiger partial charge in [-0.15, -0.1) is 0 Å². The lowest BCUT2D eigenvalue weighted by molar-refractivity contribution is 1.26. The number of benzene rings is 6. The van der Waals surface area contributed by atoms with E-state index >= 15 is 0 Å². The molecule has 0 unspecified atom stereocenters. The topological polar surface area (TPSA) is 0 Å². The predicted octanol–water partition coefficient (Wildman–Crippen LogP) is 9.87. The Morgan fingerprint density at radius 3 is 0.763 bits per heavy atom. The number of hydrogen-bond acceptors (Lipinski definition) is 0. The molecule has 6 aromatic rings. The second kappa shape index (κ2) is 11.2. The quantitative estimate of drug-likeness (QED) is 0.217. The van der Waals surface area contributed by atoms with Crippen molar-refractivity contribution in [3.63, 3.8) is 0 Å². The zero-order chi connectivity index (χ0) is 25.6. The zero-order valence-corrected chi connectivity index (χ0v) is 21.4. The predicted molar refractivity (Wildman–Crippen MR) is 161 cm³/mol. The van der Waals surface area contributed by atoms with Crippen LogP contribution < -0.4 is 0 Å². The van der Waals surface area contributed by atoms with E-state index in [1.54, 1.807) is 0 Å². The van der Waals surface area contributed by atoms with E-state index in [0.717, 1.165) is 12.8 Å². The normalized spacial score (nSPS) is 11.5. The molecule has 0 fully saturated rings. The first-order chi connectivity index (χ1) is 18.9. The van der Waals surface area contributed by atoms with Crippen LogP contribution in [-0.2, 0) is 12.8 Å². The summed E-state index contributed by atoms with van der Waals surface area (Å²) >= 11 is 0. The average Bonchev–Trinajstić information content (AvgIpc) is 3.57. The molecule has 8 rings (SSSR count). The first kappa shape index (κ1) is 23.7. The monoisotopic (exact) mass is 486 g/mol. The Balaban J connectivity index is 0.000000104. The number of fused-ring (bicyclic) bond motifs is 6. The number of hydrogen-bond donors (Lipinski definition) is 0. The standard InChI is InChI=1S/2C13H10.C12H10/c2*1-3-7-12-10(5-1)9-11-6-2-4-8-13(11)12;1-3-7-11(8-4-1)12-9-5-2-6-10-12/h2*1-8H,9H2;1-10H. The maximum Gasteiger partial charge on any atom is -0.00135 e. The maximum atomic E-state index is 2.22. The highest BCUT2D eigenvalue weighted by atomic mass is 14.2. The van der Waals surface area contributed by atoms with Gasteiger partial charge in [0.05, 0.1) is 0 Å². The van der Waals surface area contributed by atoms with Crippen molar-refractivity contribution < 1.29 is 0 Å². The van der Waals surface area contributed by atoms with Crippen molar-refractivity contribution in [1.29, 1.82) is 0 Å². The van der Waals surface area contributed by atoms with Gasteiger partial charge < -0.3 is 0 Å². The minimum atomic E-state index is 1.10. The molecule has 2 aliphatic rings. The van der Waals surface area contributed by atoms with Crippen molar-refractivity contribution in [3.8, 4) is 33.4 Å². The molecule has 0 amide bonds. The van der Waals surface area contributed by atoms with Crippen LogP contribution in [0.3, 0.4) is 0 Å². The van der Waals surface area contributed by atoms with Crippen molar-refractivity contribution in [1.82, 2.24) is 0 Å². The third kappa shape index (κ3) is 5.08. The summed E-state index contributed by atoms with van der Waals surface area (Å²) in [5.74, 6) is 0.